The van der Waals surface area contributed by atoms with Crippen LogP contribution in [0, 0.1) is 5.92 Å². The molecule has 1 aromatic rings. The number of imide groups is 1. The lowest BCUT2D eigenvalue weighted by Gasteiger charge is -2.31. The molecule has 1 N–H and O–H groups in total. The second-order valence-corrected chi connectivity index (χ2v) is 6.41. The van der Waals surface area contributed by atoms with E-state index in [4.69, 9.17) is 4.74 Å². The molecule has 4 amide bonds. The molecule has 2 fully saturated rings. The number of benzene rings is 1. The third-order valence-corrected chi connectivity index (χ3v) is 4.79. The van der Waals surface area contributed by atoms with Crippen LogP contribution in [0.5, 0.6) is 5.75 Å². The predicted molar refractivity (Wildman–Crippen MR) is 93.2 cm³/mol. The Kier molecular flexibility index (Phi) is 5.20. The number of rotatable bonds is 4. The first kappa shape index (κ1) is 17.9. The van der Waals surface area contributed by atoms with Gasteiger partial charge in [-0.2, -0.15) is 0 Å². The normalized spacial score (nSPS) is 18.5. The summed E-state index contributed by atoms with van der Waals surface area (Å²) in [5.74, 6) is -0.00647. The smallest absolute Gasteiger partial charge is 0.328 e. The van der Waals surface area contributed by atoms with Crippen molar-refractivity contribution in [1.29, 1.82) is 0 Å². The summed E-state index contributed by atoms with van der Waals surface area (Å²) in [5, 5.41) is 2.27. The van der Waals surface area contributed by atoms with Crippen LogP contribution < -0.4 is 15.0 Å². The van der Waals surface area contributed by atoms with Gasteiger partial charge in [-0.3, -0.25) is 19.8 Å². The van der Waals surface area contributed by atoms with Crippen LogP contribution in [0.15, 0.2) is 18.2 Å². The van der Waals surface area contributed by atoms with E-state index in [1.54, 1.807) is 23.1 Å². The highest BCUT2D eigenvalue weighted by Crippen LogP contribution is 2.31. The zero-order chi connectivity index (χ0) is 18.7. The first-order valence-electron chi connectivity index (χ1n) is 8.57. The van der Waals surface area contributed by atoms with Gasteiger partial charge in [-0.05, 0) is 31.0 Å². The van der Waals surface area contributed by atoms with Crippen molar-refractivity contribution in [2.75, 3.05) is 31.6 Å². The van der Waals surface area contributed by atoms with Crippen molar-refractivity contribution in [3.8, 4) is 5.75 Å². The van der Waals surface area contributed by atoms with Crippen molar-refractivity contribution in [2.24, 2.45) is 5.92 Å². The molecule has 138 valence electrons. The largest absolute Gasteiger partial charge is 0.495 e. The van der Waals surface area contributed by atoms with Crippen molar-refractivity contribution < 1.29 is 23.9 Å². The van der Waals surface area contributed by atoms with Gasteiger partial charge >= 0.3 is 6.03 Å². The molecule has 0 aromatic heterocycles. The third kappa shape index (κ3) is 3.54. The topological polar surface area (TPSA) is 96.0 Å². The molecule has 0 bridgehead atoms. The number of ether oxygens (including phenoxy) is 1. The lowest BCUT2D eigenvalue weighted by molar-refractivity contribution is -0.120. The molecule has 2 heterocycles. The summed E-state index contributed by atoms with van der Waals surface area (Å²) in [6.07, 6.45) is 2.46. The standard InChI is InChI=1S/C18H21N3O5/c1-26-15-3-2-13(17(24)20-7-4-12(11-22)5-8-20)10-14(15)21-9-6-16(23)19-18(21)25/h2-3,10-12H,4-9H2,1H3,(H,19,23,25). The summed E-state index contributed by atoms with van der Waals surface area (Å²) in [6, 6.07) is 4.38. The van der Waals surface area contributed by atoms with Gasteiger partial charge in [0.1, 0.15) is 12.0 Å². The Morgan fingerprint density at radius 3 is 2.58 bits per heavy atom. The Bertz CT molecular complexity index is 740. The first-order chi connectivity index (χ1) is 12.5. The second-order valence-electron chi connectivity index (χ2n) is 6.41. The van der Waals surface area contributed by atoms with Crippen LogP contribution in [0.3, 0.4) is 0 Å². The molecule has 2 aliphatic heterocycles. The maximum Gasteiger partial charge on any atom is 0.328 e. The Morgan fingerprint density at radius 1 is 1.23 bits per heavy atom. The van der Waals surface area contributed by atoms with Crippen LogP contribution in [-0.4, -0.2) is 55.8 Å². The van der Waals surface area contributed by atoms with Crippen LogP contribution in [0.1, 0.15) is 29.6 Å². The van der Waals surface area contributed by atoms with Gasteiger partial charge in [0.25, 0.3) is 5.91 Å². The van der Waals surface area contributed by atoms with Gasteiger partial charge in [0.15, 0.2) is 0 Å². The van der Waals surface area contributed by atoms with E-state index in [9.17, 15) is 19.2 Å². The predicted octanol–water partition coefficient (Wildman–Crippen LogP) is 1.19. The summed E-state index contributed by atoms with van der Waals surface area (Å²) < 4.78 is 5.31. The van der Waals surface area contributed by atoms with Crippen molar-refractivity contribution in [3.63, 3.8) is 0 Å². The van der Waals surface area contributed by atoms with Crippen LogP contribution >= 0.6 is 0 Å². The van der Waals surface area contributed by atoms with Crippen molar-refractivity contribution >= 4 is 29.8 Å². The Balaban J connectivity index is 1.83. The molecule has 0 atom stereocenters. The fourth-order valence-corrected chi connectivity index (χ4v) is 3.25. The third-order valence-electron chi connectivity index (χ3n) is 4.79. The number of carbonyl (C=O) groups is 4. The minimum absolute atomic E-state index is 0.0139. The number of nitrogens with one attached hydrogen (secondary N) is 1. The first-order valence-corrected chi connectivity index (χ1v) is 8.57. The molecule has 8 heteroatoms. The quantitative estimate of drug-likeness (QED) is 0.815. The number of hydrogen-bond donors (Lipinski definition) is 1. The van der Waals surface area contributed by atoms with E-state index >= 15 is 0 Å². The number of carbonyl (C=O) groups excluding carboxylic acids is 4. The Hall–Kier alpha value is -2.90. The van der Waals surface area contributed by atoms with Gasteiger partial charge < -0.3 is 14.4 Å². The van der Waals surface area contributed by atoms with Crippen LogP contribution in [-0.2, 0) is 9.59 Å². The number of urea groups is 1. The molecule has 0 radical (unpaired) electrons. The fourth-order valence-electron chi connectivity index (χ4n) is 3.25. The van der Waals surface area contributed by atoms with Crippen molar-refractivity contribution in [2.45, 2.75) is 19.3 Å². The Morgan fingerprint density at radius 2 is 1.96 bits per heavy atom. The molecular formula is C18H21N3O5. The number of likely N-dealkylation sites (tertiary alicyclic amines) is 1. The number of methoxy groups -OCH3 is 1. The summed E-state index contributed by atoms with van der Waals surface area (Å²) in [6.45, 7) is 1.29. The number of amides is 4. The van der Waals surface area contributed by atoms with Crippen LogP contribution in [0.2, 0.25) is 0 Å². The second kappa shape index (κ2) is 7.55. The van der Waals surface area contributed by atoms with Crippen molar-refractivity contribution in [3.05, 3.63) is 23.8 Å². The molecule has 8 nitrogen and oxygen atoms in total. The lowest BCUT2D eigenvalue weighted by Crippen LogP contribution is -2.49. The molecule has 1 aromatic carbocycles. The van der Waals surface area contributed by atoms with E-state index in [-0.39, 0.29) is 30.7 Å². The van der Waals surface area contributed by atoms with E-state index < -0.39 is 6.03 Å². The zero-order valence-electron chi connectivity index (χ0n) is 14.6. The minimum atomic E-state index is -0.532. The summed E-state index contributed by atoms with van der Waals surface area (Å²) in [7, 11) is 1.48. The molecule has 0 spiro atoms. The monoisotopic (exact) mass is 359 g/mol. The molecule has 2 saturated heterocycles. The number of hydrogen-bond acceptors (Lipinski definition) is 5. The highest BCUT2D eigenvalue weighted by atomic mass is 16.5. The zero-order valence-corrected chi connectivity index (χ0v) is 14.6. The summed E-state index contributed by atoms with van der Waals surface area (Å²) in [5.41, 5.74) is 0.890. The van der Waals surface area contributed by atoms with Gasteiger partial charge in [-0.25, -0.2) is 4.79 Å². The molecule has 3 rings (SSSR count). The van der Waals surface area contributed by atoms with E-state index in [1.165, 1.54) is 12.0 Å². The molecule has 0 saturated carbocycles. The summed E-state index contributed by atoms with van der Waals surface area (Å²) >= 11 is 0. The van der Waals surface area contributed by atoms with Gasteiger partial charge in [0.2, 0.25) is 5.91 Å². The molecular weight excluding hydrogens is 338 g/mol. The number of nitrogens with zero attached hydrogens (tertiary/aromatic N) is 2. The number of piperidine rings is 1. The highest BCUT2D eigenvalue weighted by molar-refractivity contribution is 6.07. The molecule has 0 aliphatic carbocycles. The van der Waals surface area contributed by atoms with Crippen LogP contribution in [0.4, 0.5) is 10.5 Å². The van der Waals surface area contributed by atoms with Gasteiger partial charge in [-0.1, -0.05) is 0 Å². The number of aldehydes is 1. The SMILES string of the molecule is COc1ccc(C(=O)N2CCC(C=O)CC2)cc1N1CCC(=O)NC1=O. The van der Waals surface area contributed by atoms with Gasteiger partial charge in [-0.15, -0.1) is 0 Å². The molecule has 2 aliphatic rings. The average Bonchev–Trinajstić information content (AvgIpc) is 2.67. The lowest BCUT2D eigenvalue weighted by atomic mass is 9.98. The van der Waals surface area contributed by atoms with E-state index in [2.05, 4.69) is 5.32 Å². The maximum atomic E-state index is 12.8. The Labute approximate surface area is 151 Å². The highest BCUT2D eigenvalue weighted by Gasteiger charge is 2.28. The summed E-state index contributed by atoms with van der Waals surface area (Å²) in [4.78, 5) is 50.3. The minimum Gasteiger partial charge on any atom is -0.495 e. The van der Waals surface area contributed by atoms with Gasteiger partial charge in [0.05, 0.1) is 12.8 Å². The average molecular weight is 359 g/mol. The molecule has 0 unspecified atom stereocenters. The number of anilines is 1. The van der Waals surface area contributed by atoms with Gasteiger partial charge in [0, 0.05) is 37.5 Å². The fraction of sp³-hybridized carbons (Fsp3) is 0.444. The van der Waals surface area contributed by atoms with Crippen molar-refractivity contribution in [1.82, 2.24) is 10.2 Å². The van der Waals surface area contributed by atoms with E-state index in [0.29, 0.717) is 42.9 Å². The van der Waals surface area contributed by atoms with E-state index in [1.807, 2.05) is 0 Å². The maximum absolute atomic E-state index is 12.8. The van der Waals surface area contributed by atoms with E-state index in [0.717, 1.165) is 6.29 Å². The van der Waals surface area contributed by atoms with Crippen LogP contribution in [0.25, 0.3) is 0 Å². The molecule has 26 heavy (non-hydrogen) atoms.